The van der Waals surface area contributed by atoms with Crippen LogP contribution in [0.2, 0.25) is 0 Å². The van der Waals surface area contributed by atoms with E-state index in [0.717, 1.165) is 16.8 Å². The molecule has 0 aliphatic carbocycles. The highest BCUT2D eigenvalue weighted by atomic mass is 79.9. The number of rotatable bonds is 1. The Hall–Kier alpha value is -1.08. The molecule has 0 aromatic carbocycles. The van der Waals surface area contributed by atoms with E-state index in [-0.39, 0.29) is 12.0 Å². The fourth-order valence-corrected chi connectivity index (χ4v) is 2.54. The number of halogens is 1. The van der Waals surface area contributed by atoms with Crippen molar-refractivity contribution in [1.29, 1.82) is 0 Å². The summed E-state index contributed by atoms with van der Waals surface area (Å²) in [6, 6.07) is 0. The number of amides is 1. The van der Waals surface area contributed by atoms with Gasteiger partial charge in [0, 0.05) is 19.0 Å². The van der Waals surface area contributed by atoms with Gasteiger partial charge in [0.2, 0.25) is 0 Å². The lowest BCUT2D eigenvalue weighted by Gasteiger charge is -2.34. The largest absolute Gasteiger partial charge is 0.443 e. The van der Waals surface area contributed by atoms with Crippen molar-refractivity contribution in [3.05, 3.63) is 10.7 Å². The van der Waals surface area contributed by atoms with Crippen LogP contribution in [0.3, 0.4) is 0 Å². The van der Waals surface area contributed by atoms with Gasteiger partial charge in [0.05, 0.1) is 10.7 Å². The number of fused-ring (bicyclic) bond motifs is 1. The molecule has 1 unspecified atom stereocenters. The Balaban J connectivity index is 2.28. The van der Waals surface area contributed by atoms with Gasteiger partial charge in [0.15, 0.2) is 5.82 Å². The number of hydrogen-bond acceptors (Lipinski definition) is 4. The van der Waals surface area contributed by atoms with Crippen molar-refractivity contribution in [3.8, 4) is 0 Å². The molecule has 106 valence electrons. The smallest absolute Gasteiger partial charge is 0.416 e. The summed E-state index contributed by atoms with van der Waals surface area (Å²) < 4.78 is 8.01. The molecule has 1 amide bonds. The molecule has 0 radical (unpaired) electrons. The fourth-order valence-electron chi connectivity index (χ4n) is 2.03. The summed E-state index contributed by atoms with van der Waals surface area (Å²) >= 11 is 3.42. The maximum atomic E-state index is 12.3. The average molecular weight is 331 g/mol. The van der Waals surface area contributed by atoms with Crippen molar-refractivity contribution < 1.29 is 9.53 Å². The molecule has 2 heterocycles. The molecule has 0 spiro atoms. The average Bonchev–Trinajstić information content (AvgIpc) is 2.68. The van der Waals surface area contributed by atoms with Crippen molar-refractivity contribution in [3.63, 3.8) is 0 Å². The Kier molecular flexibility index (Phi) is 3.87. The van der Waals surface area contributed by atoms with Crippen LogP contribution in [0.25, 0.3) is 0 Å². The second-order valence-electron chi connectivity index (χ2n) is 5.69. The summed E-state index contributed by atoms with van der Waals surface area (Å²) in [4.78, 5) is 13.9. The second kappa shape index (κ2) is 5.13. The normalized spacial score (nSPS) is 19.2. The van der Waals surface area contributed by atoms with Gasteiger partial charge in [-0.2, -0.15) is 5.10 Å². The molecule has 2 rings (SSSR count). The molecule has 0 saturated heterocycles. The fraction of sp³-hybridized carbons (Fsp3) is 0.667. The molecule has 2 N–H and O–H groups in total. The number of anilines is 1. The summed E-state index contributed by atoms with van der Waals surface area (Å²) in [6.45, 7) is 7.33. The van der Waals surface area contributed by atoms with Crippen molar-refractivity contribution in [2.45, 2.75) is 32.9 Å². The van der Waals surface area contributed by atoms with Crippen LogP contribution in [0, 0.1) is 5.92 Å². The quantitative estimate of drug-likeness (QED) is 0.854. The first-order chi connectivity index (χ1) is 8.81. The van der Waals surface area contributed by atoms with Crippen LogP contribution in [0.1, 0.15) is 20.8 Å². The molecular formula is C12H19BrN4O2. The van der Waals surface area contributed by atoms with E-state index in [1.807, 2.05) is 20.8 Å². The third-order valence-corrected chi connectivity index (χ3v) is 3.40. The van der Waals surface area contributed by atoms with Gasteiger partial charge in [-0.1, -0.05) is 0 Å². The van der Waals surface area contributed by atoms with Gasteiger partial charge < -0.3 is 10.5 Å². The molecule has 0 fully saturated rings. The summed E-state index contributed by atoms with van der Waals surface area (Å²) in [5.74, 6) is 0.922. The SMILES string of the molecule is CC(C)(C)OC(=O)N1CC(CN)Cn2ncc(Br)c21. The van der Waals surface area contributed by atoms with E-state index in [9.17, 15) is 4.79 Å². The topological polar surface area (TPSA) is 73.4 Å². The lowest BCUT2D eigenvalue weighted by atomic mass is 10.1. The number of carbonyl (C=O) groups excluding carboxylic acids is 1. The Morgan fingerprint density at radius 1 is 1.58 bits per heavy atom. The first kappa shape index (κ1) is 14.3. The highest BCUT2D eigenvalue weighted by Gasteiger charge is 2.33. The zero-order chi connectivity index (χ0) is 14.2. The highest BCUT2D eigenvalue weighted by molar-refractivity contribution is 9.10. The monoisotopic (exact) mass is 330 g/mol. The Bertz CT molecular complexity index is 481. The van der Waals surface area contributed by atoms with Gasteiger partial charge in [-0.05, 0) is 43.2 Å². The van der Waals surface area contributed by atoms with E-state index in [4.69, 9.17) is 10.5 Å². The van der Waals surface area contributed by atoms with Crippen LogP contribution < -0.4 is 10.6 Å². The summed E-state index contributed by atoms with van der Waals surface area (Å²) in [7, 11) is 0. The molecule has 1 atom stereocenters. The third kappa shape index (κ3) is 3.09. The molecule has 7 heteroatoms. The van der Waals surface area contributed by atoms with E-state index in [1.165, 1.54) is 0 Å². The van der Waals surface area contributed by atoms with Crippen molar-refractivity contribution in [2.75, 3.05) is 18.0 Å². The lowest BCUT2D eigenvalue weighted by molar-refractivity contribution is 0.0564. The van der Waals surface area contributed by atoms with E-state index in [2.05, 4.69) is 21.0 Å². The maximum Gasteiger partial charge on any atom is 0.416 e. The zero-order valence-electron chi connectivity index (χ0n) is 11.4. The van der Waals surface area contributed by atoms with Crippen LogP contribution in [0.15, 0.2) is 10.7 Å². The Morgan fingerprint density at radius 3 is 2.84 bits per heavy atom. The zero-order valence-corrected chi connectivity index (χ0v) is 13.0. The Morgan fingerprint density at radius 2 is 2.26 bits per heavy atom. The minimum Gasteiger partial charge on any atom is -0.443 e. The van der Waals surface area contributed by atoms with Crippen molar-refractivity contribution in [1.82, 2.24) is 9.78 Å². The van der Waals surface area contributed by atoms with E-state index >= 15 is 0 Å². The Labute approximate surface area is 121 Å². The molecule has 1 aliphatic rings. The van der Waals surface area contributed by atoms with Crippen LogP contribution in [-0.4, -0.2) is 34.6 Å². The molecule has 1 aromatic rings. The van der Waals surface area contributed by atoms with Crippen LogP contribution >= 0.6 is 15.9 Å². The van der Waals surface area contributed by atoms with E-state index in [1.54, 1.807) is 15.8 Å². The number of aromatic nitrogens is 2. The van der Waals surface area contributed by atoms with Crippen molar-refractivity contribution >= 4 is 27.8 Å². The second-order valence-corrected chi connectivity index (χ2v) is 6.55. The number of nitrogens with two attached hydrogens (primary N) is 1. The minimum absolute atomic E-state index is 0.187. The van der Waals surface area contributed by atoms with E-state index in [0.29, 0.717) is 13.1 Å². The number of hydrogen-bond donors (Lipinski definition) is 1. The first-order valence-electron chi connectivity index (χ1n) is 6.23. The summed E-state index contributed by atoms with van der Waals surface area (Å²) in [6.07, 6.45) is 1.32. The molecule has 1 aliphatic heterocycles. The maximum absolute atomic E-state index is 12.3. The molecular weight excluding hydrogens is 312 g/mol. The van der Waals surface area contributed by atoms with Gasteiger partial charge in [-0.25, -0.2) is 9.48 Å². The summed E-state index contributed by atoms with van der Waals surface area (Å²) in [5, 5.41) is 4.25. The summed E-state index contributed by atoms with van der Waals surface area (Å²) in [5.41, 5.74) is 5.20. The number of nitrogens with zero attached hydrogens (tertiary/aromatic N) is 3. The molecule has 0 bridgehead atoms. The van der Waals surface area contributed by atoms with Gasteiger partial charge in [-0.15, -0.1) is 0 Å². The predicted molar refractivity (Wildman–Crippen MR) is 76.1 cm³/mol. The minimum atomic E-state index is -0.524. The predicted octanol–water partition coefficient (Wildman–Crippen LogP) is 1.98. The standard InChI is InChI=1S/C12H19BrN4O2/c1-12(2,3)19-11(18)16-6-8(4-14)7-17-10(16)9(13)5-15-17/h5,8H,4,6-7,14H2,1-3H3. The molecule has 6 nitrogen and oxygen atoms in total. The third-order valence-electron chi connectivity index (χ3n) is 2.84. The van der Waals surface area contributed by atoms with Crippen molar-refractivity contribution in [2.24, 2.45) is 11.7 Å². The van der Waals surface area contributed by atoms with Crippen LogP contribution in [0.4, 0.5) is 10.6 Å². The van der Waals surface area contributed by atoms with Gasteiger partial charge in [0.25, 0.3) is 0 Å². The first-order valence-corrected chi connectivity index (χ1v) is 7.03. The number of ether oxygens (including phenoxy) is 1. The van der Waals surface area contributed by atoms with Gasteiger partial charge in [-0.3, -0.25) is 4.90 Å². The molecule has 1 aromatic heterocycles. The highest BCUT2D eigenvalue weighted by Crippen LogP contribution is 2.32. The van der Waals surface area contributed by atoms with Gasteiger partial charge in [0.1, 0.15) is 5.60 Å². The molecule has 19 heavy (non-hydrogen) atoms. The van der Waals surface area contributed by atoms with E-state index < -0.39 is 5.60 Å². The van der Waals surface area contributed by atoms with Crippen LogP contribution in [0.5, 0.6) is 0 Å². The number of carbonyl (C=O) groups is 1. The van der Waals surface area contributed by atoms with Gasteiger partial charge >= 0.3 is 6.09 Å². The van der Waals surface area contributed by atoms with Crippen LogP contribution in [-0.2, 0) is 11.3 Å². The molecule has 0 saturated carbocycles. The lowest BCUT2D eigenvalue weighted by Crippen LogP contribution is -2.46.